The molecule has 0 saturated heterocycles. The zero-order valence-corrected chi connectivity index (χ0v) is 16.8. The Morgan fingerprint density at radius 1 is 1.15 bits per heavy atom. The van der Waals surface area contributed by atoms with Gasteiger partial charge in [0.05, 0.1) is 17.5 Å². The van der Waals surface area contributed by atoms with Crippen LogP contribution in [0.25, 0.3) is 0 Å². The number of carbonyl (C=O) groups is 1. The summed E-state index contributed by atoms with van der Waals surface area (Å²) < 4.78 is 26.1. The monoisotopic (exact) mass is 377 g/mol. The Morgan fingerprint density at radius 3 is 2.38 bits per heavy atom. The molecule has 1 heterocycles. The van der Waals surface area contributed by atoms with Gasteiger partial charge in [0.2, 0.25) is 5.91 Å². The predicted molar refractivity (Wildman–Crippen MR) is 103 cm³/mol. The van der Waals surface area contributed by atoms with Gasteiger partial charge in [-0.05, 0) is 51.8 Å². The molecule has 1 atom stereocenters. The number of amides is 1. The minimum Gasteiger partial charge on any atom is -0.351 e. The predicted octanol–water partition coefficient (Wildman–Crippen LogP) is 2.38. The lowest BCUT2D eigenvalue weighted by atomic mass is 10.1. The molecule has 1 aromatic carbocycles. The van der Waals surface area contributed by atoms with Gasteiger partial charge >= 0.3 is 0 Å². The van der Waals surface area contributed by atoms with Crippen LogP contribution in [0.1, 0.15) is 43.3 Å². The normalized spacial score (nSPS) is 13.0. The average molecular weight is 378 g/mol. The Kier molecular flexibility index (Phi) is 6.23. The third-order valence-corrected chi connectivity index (χ3v) is 6.93. The molecule has 1 N–H and O–H groups in total. The molecule has 0 aliphatic rings. The first kappa shape index (κ1) is 20.2. The van der Waals surface area contributed by atoms with Gasteiger partial charge in [-0.3, -0.25) is 9.48 Å². The van der Waals surface area contributed by atoms with E-state index in [0.717, 1.165) is 22.5 Å². The zero-order valence-electron chi connectivity index (χ0n) is 16.0. The van der Waals surface area contributed by atoms with Gasteiger partial charge in [0.25, 0.3) is 0 Å². The fourth-order valence-electron chi connectivity index (χ4n) is 2.74. The quantitative estimate of drug-likeness (QED) is 0.803. The molecule has 0 bridgehead atoms. The number of rotatable bonds is 7. The van der Waals surface area contributed by atoms with Crippen LogP contribution >= 0.6 is 0 Å². The first-order valence-corrected chi connectivity index (χ1v) is 10.3. The van der Waals surface area contributed by atoms with Gasteiger partial charge < -0.3 is 5.32 Å². The van der Waals surface area contributed by atoms with Crippen molar-refractivity contribution in [3.05, 3.63) is 52.8 Å². The molecule has 1 amide bonds. The van der Waals surface area contributed by atoms with Crippen molar-refractivity contribution in [3.8, 4) is 0 Å². The van der Waals surface area contributed by atoms with Crippen LogP contribution in [0.2, 0.25) is 0 Å². The molecular formula is C19H27N3O3S. The molecule has 7 heteroatoms. The molecule has 142 valence electrons. The van der Waals surface area contributed by atoms with Crippen LogP contribution in [0, 0.1) is 13.8 Å². The highest BCUT2D eigenvalue weighted by Crippen LogP contribution is 2.12. The third kappa shape index (κ3) is 4.72. The summed E-state index contributed by atoms with van der Waals surface area (Å²) in [7, 11) is -3.46. The van der Waals surface area contributed by atoms with Crippen molar-refractivity contribution >= 4 is 15.7 Å². The van der Waals surface area contributed by atoms with Crippen molar-refractivity contribution < 1.29 is 13.2 Å². The molecule has 2 rings (SSSR count). The number of hydrogen-bond acceptors (Lipinski definition) is 4. The van der Waals surface area contributed by atoms with Gasteiger partial charge in [-0.15, -0.1) is 0 Å². The molecule has 0 aliphatic heterocycles. The van der Waals surface area contributed by atoms with Crippen molar-refractivity contribution in [3.63, 3.8) is 0 Å². The lowest BCUT2D eigenvalue weighted by Crippen LogP contribution is -2.40. The first-order valence-electron chi connectivity index (χ1n) is 8.70. The third-order valence-electron chi connectivity index (χ3n) is 4.41. The molecule has 0 aliphatic carbocycles. The topological polar surface area (TPSA) is 81.1 Å². The highest BCUT2D eigenvalue weighted by Gasteiger charge is 2.30. The highest BCUT2D eigenvalue weighted by molar-refractivity contribution is 7.93. The van der Waals surface area contributed by atoms with Gasteiger partial charge in [0.15, 0.2) is 9.84 Å². The SMILES string of the molecule is Cc1cc(C)n(Cc2cccc(CNC(=O)C(C)S(=O)(=O)C(C)C)c2)n1. The largest absolute Gasteiger partial charge is 0.351 e. The summed E-state index contributed by atoms with van der Waals surface area (Å²) in [6.07, 6.45) is 0. The Balaban J connectivity index is 2.03. The van der Waals surface area contributed by atoms with Crippen molar-refractivity contribution in [2.24, 2.45) is 0 Å². The maximum atomic E-state index is 12.2. The van der Waals surface area contributed by atoms with E-state index in [-0.39, 0.29) is 0 Å². The van der Waals surface area contributed by atoms with Crippen LogP contribution in [-0.2, 0) is 27.7 Å². The van der Waals surface area contributed by atoms with E-state index < -0.39 is 26.2 Å². The summed E-state index contributed by atoms with van der Waals surface area (Å²) >= 11 is 0. The number of sulfone groups is 1. The number of hydrogen-bond donors (Lipinski definition) is 1. The van der Waals surface area contributed by atoms with E-state index >= 15 is 0 Å². The Hall–Kier alpha value is -2.15. The summed E-state index contributed by atoms with van der Waals surface area (Å²) in [5.74, 6) is -0.470. The van der Waals surface area contributed by atoms with Crippen molar-refractivity contribution in [1.82, 2.24) is 15.1 Å². The van der Waals surface area contributed by atoms with Crippen LogP contribution < -0.4 is 5.32 Å². The molecule has 0 saturated carbocycles. The summed E-state index contributed by atoms with van der Waals surface area (Å²) in [5, 5.41) is 5.55. The highest BCUT2D eigenvalue weighted by atomic mass is 32.2. The fourth-order valence-corrected chi connectivity index (χ4v) is 3.93. The fraction of sp³-hybridized carbons (Fsp3) is 0.474. The maximum absolute atomic E-state index is 12.2. The molecule has 1 aromatic heterocycles. The van der Waals surface area contributed by atoms with Crippen LogP contribution in [0.5, 0.6) is 0 Å². The molecule has 0 spiro atoms. The zero-order chi connectivity index (χ0) is 19.5. The van der Waals surface area contributed by atoms with Crippen LogP contribution in [0.15, 0.2) is 30.3 Å². The van der Waals surface area contributed by atoms with Crippen LogP contribution in [0.4, 0.5) is 0 Å². The minimum atomic E-state index is -3.46. The van der Waals surface area contributed by atoms with Gasteiger partial charge in [0, 0.05) is 12.2 Å². The number of aromatic nitrogens is 2. The van der Waals surface area contributed by atoms with E-state index in [9.17, 15) is 13.2 Å². The smallest absolute Gasteiger partial charge is 0.238 e. The Labute approximate surface area is 155 Å². The molecule has 2 aromatic rings. The van der Waals surface area contributed by atoms with Crippen molar-refractivity contribution in [2.45, 2.75) is 58.2 Å². The van der Waals surface area contributed by atoms with Gasteiger partial charge in [-0.25, -0.2) is 8.42 Å². The van der Waals surface area contributed by atoms with Gasteiger partial charge in [-0.2, -0.15) is 5.10 Å². The lowest BCUT2D eigenvalue weighted by Gasteiger charge is -2.16. The number of nitrogens with one attached hydrogen (secondary N) is 1. The molecule has 6 nitrogen and oxygen atoms in total. The maximum Gasteiger partial charge on any atom is 0.238 e. The van der Waals surface area contributed by atoms with Crippen LogP contribution in [-0.4, -0.2) is 34.6 Å². The summed E-state index contributed by atoms with van der Waals surface area (Å²) in [4.78, 5) is 12.2. The second kappa shape index (κ2) is 8.03. The second-order valence-corrected chi connectivity index (χ2v) is 9.73. The first-order chi connectivity index (χ1) is 12.1. The number of aryl methyl sites for hydroxylation is 2. The Bertz CT molecular complexity index is 885. The average Bonchev–Trinajstić information content (AvgIpc) is 2.89. The molecule has 0 fully saturated rings. The summed E-state index contributed by atoms with van der Waals surface area (Å²) in [6.45, 7) is 9.52. The number of nitrogens with zero attached hydrogens (tertiary/aromatic N) is 2. The lowest BCUT2D eigenvalue weighted by molar-refractivity contribution is -0.120. The summed E-state index contributed by atoms with van der Waals surface area (Å²) in [5.41, 5.74) is 4.07. The number of benzene rings is 1. The number of carbonyl (C=O) groups excluding carboxylic acids is 1. The minimum absolute atomic E-state index is 0.293. The molecular weight excluding hydrogens is 350 g/mol. The van der Waals surface area contributed by atoms with E-state index in [1.165, 1.54) is 6.92 Å². The van der Waals surface area contributed by atoms with E-state index in [0.29, 0.717) is 13.1 Å². The molecule has 26 heavy (non-hydrogen) atoms. The molecule has 1 unspecified atom stereocenters. The standard InChI is InChI=1S/C19H27N3O3S/c1-13(2)26(24,25)16(5)19(23)20-11-17-7-6-8-18(10-17)12-22-15(4)9-14(3)21-22/h6-10,13,16H,11-12H2,1-5H3,(H,20,23). The summed E-state index contributed by atoms with van der Waals surface area (Å²) in [6, 6.07) is 9.87. The van der Waals surface area contributed by atoms with Crippen molar-refractivity contribution in [1.29, 1.82) is 0 Å². The van der Waals surface area contributed by atoms with E-state index in [4.69, 9.17) is 0 Å². The second-order valence-electron chi connectivity index (χ2n) is 6.90. The van der Waals surface area contributed by atoms with Crippen molar-refractivity contribution in [2.75, 3.05) is 0 Å². The van der Waals surface area contributed by atoms with Crippen LogP contribution in [0.3, 0.4) is 0 Å². The Morgan fingerprint density at radius 2 is 1.81 bits per heavy atom. The van der Waals surface area contributed by atoms with E-state index in [1.807, 2.05) is 48.9 Å². The van der Waals surface area contributed by atoms with Gasteiger partial charge in [-0.1, -0.05) is 24.3 Å². The molecule has 0 radical (unpaired) electrons. The van der Waals surface area contributed by atoms with E-state index in [1.54, 1.807) is 13.8 Å². The van der Waals surface area contributed by atoms with E-state index in [2.05, 4.69) is 10.4 Å². The van der Waals surface area contributed by atoms with Gasteiger partial charge in [0.1, 0.15) is 5.25 Å².